The summed E-state index contributed by atoms with van der Waals surface area (Å²) in [5, 5.41) is 15.0. The molecule has 1 aromatic heterocycles. The summed E-state index contributed by atoms with van der Waals surface area (Å²) in [6.45, 7) is 5.96. The minimum absolute atomic E-state index is 0.162. The number of carbonyl (C=O) groups excluding carboxylic acids is 2. The van der Waals surface area contributed by atoms with Crippen LogP contribution in [0.2, 0.25) is 0 Å². The van der Waals surface area contributed by atoms with Gasteiger partial charge in [0.25, 0.3) is 0 Å². The Hall–Kier alpha value is -3.26. The summed E-state index contributed by atoms with van der Waals surface area (Å²) in [6, 6.07) is 16.3. The van der Waals surface area contributed by atoms with Gasteiger partial charge >= 0.3 is 0 Å². The summed E-state index contributed by atoms with van der Waals surface area (Å²) in [7, 11) is 1.61. The minimum atomic E-state index is -0.722. The van der Waals surface area contributed by atoms with Crippen molar-refractivity contribution < 1.29 is 14.3 Å². The summed E-state index contributed by atoms with van der Waals surface area (Å²) in [5.41, 5.74) is 1.66. The first-order valence-corrected chi connectivity index (χ1v) is 11.2. The molecule has 0 aliphatic carbocycles. The lowest BCUT2D eigenvalue weighted by atomic mass is 9.91. The van der Waals surface area contributed by atoms with Gasteiger partial charge in [-0.05, 0) is 35.2 Å². The Morgan fingerprint density at radius 1 is 1.03 bits per heavy atom. The average Bonchev–Trinajstić information content (AvgIpc) is 3.21. The normalized spacial score (nSPS) is 12.1. The molecule has 0 aliphatic rings. The van der Waals surface area contributed by atoms with E-state index in [1.807, 2.05) is 75.4 Å². The number of benzene rings is 2. The van der Waals surface area contributed by atoms with Crippen LogP contribution < -0.4 is 15.4 Å². The molecule has 8 heteroatoms. The van der Waals surface area contributed by atoms with E-state index in [4.69, 9.17) is 4.74 Å². The first kappa shape index (κ1) is 23.4. The van der Waals surface area contributed by atoms with Crippen molar-refractivity contribution in [2.45, 2.75) is 39.7 Å². The van der Waals surface area contributed by atoms with E-state index in [1.54, 1.807) is 7.11 Å². The molecule has 0 fully saturated rings. The van der Waals surface area contributed by atoms with E-state index in [1.165, 1.54) is 11.3 Å². The molecule has 168 valence electrons. The molecule has 1 unspecified atom stereocenters. The third-order valence-electron chi connectivity index (χ3n) is 4.62. The highest BCUT2D eigenvalue weighted by Crippen LogP contribution is 2.28. The predicted molar refractivity (Wildman–Crippen MR) is 127 cm³/mol. The Kier molecular flexibility index (Phi) is 7.58. The first-order chi connectivity index (χ1) is 15.2. The number of nitrogens with one attached hydrogen (secondary N) is 2. The molecular weight excluding hydrogens is 424 g/mol. The monoisotopic (exact) mass is 452 g/mol. The third kappa shape index (κ3) is 6.88. The Labute approximate surface area is 192 Å². The van der Waals surface area contributed by atoms with Crippen molar-refractivity contribution in [2.24, 2.45) is 5.41 Å². The number of hydrogen-bond donors (Lipinski definition) is 2. The largest absolute Gasteiger partial charge is 0.497 e. The topological polar surface area (TPSA) is 93.2 Å². The van der Waals surface area contributed by atoms with Crippen molar-refractivity contribution >= 4 is 28.3 Å². The van der Waals surface area contributed by atoms with Crippen LogP contribution in [0.25, 0.3) is 10.6 Å². The van der Waals surface area contributed by atoms with Crippen LogP contribution in [0.4, 0.5) is 5.13 Å². The molecule has 32 heavy (non-hydrogen) atoms. The number of rotatable bonds is 8. The number of ether oxygens (including phenoxy) is 1. The number of carbonyl (C=O) groups is 2. The van der Waals surface area contributed by atoms with Gasteiger partial charge in [0.05, 0.1) is 7.11 Å². The zero-order valence-corrected chi connectivity index (χ0v) is 19.5. The zero-order chi connectivity index (χ0) is 23.1. The van der Waals surface area contributed by atoms with Gasteiger partial charge < -0.3 is 10.1 Å². The molecule has 0 spiro atoms. The second-order valence-electron chi connectivity index (χ2n) is 8.68. The van der Waals surface area contributed by atoms with Crippen molar-refractivity contribution in [1.82, 2.24) is 15.5 Å². The Bertz CT molecular complexity index is 1040. The zero-order valence-electron chi connectivity index (χ0n) is 18.7. The van der Waals surface area contributed by atoms with Crippen LogP contribution in [0.5, 0.6) is 5.75 Å². The van der Waals surface area contributed by atoms with Crippen molar-refractivity contribution in [3.05, 3.63) is 60.2 Å². The SMILES string of the molecule is COc1ccc(-c2nnc(NC(=O)C(Cc3ccccc3)NC(=O)CC(C)(C)C)s2)cc1. The van der Waals surface area contributed by atoms with Crippen LogP contribution in [0.15, 0.2) is 54.6 Å². The molecule has 0 saturated heterocycles. The number of hydrogen-bond acceptors (Lipinski definition) is 6. The molecule has 2 aromatic carbocycles. The van der Waals surface area contributed by atoms with E-state index >= 15 is 0 Å². The molecule has 2 N–H and O–H groups in total. The molecule has 0 aliphatic heterocycles. The molecule has 1 heterocycles. The molecule has 0 bridgehead atoms. The van der Waals surface area contributed by atoms with Crippen LogP contribution in [0.1, 0.15) is 32.8 Å². The van der Waals surface area contributed by atoms with Gasteiger partial charge in [-0.3, -0.25) is 14.9 Å². The van der Waals surface area contributed by atoms with Gasteiger partial charge in [-0.15, -0.1) is 10.2 Å². The number of aromatic nitrogens is 2. The highest BCUT2D eigenvalue weighted by molar-refractivity contribution is 7.18. The molecule has 0 saturated carbocycles. The summed E-state index contributed by atoms with van der Waals surface area (Å²) in [5.74, 6) is 0.264. The summed E-state index contributed by atoms with van der Waals surface area (Å²) >= 11 is 1.27. The molecule has 7 nitrogen and oxygen atoms in total. The quantitative estimate of drug-likeness (QED) is 0.531. The second kappa shape index (κ2) is 10.4. The summed E-state index contributed by atoms with van der Waals surface area (Å²) in [4.78, 5) is 25.6. The Balaban J connectivity index is 1.72. The molecule has 0 radical (unpaired) electrons. The lowest BCUT2D eigenvalue weighted by Crippen LogP contribution is -2.46. The summed E-state index contributed by atoms with van der Waals surface area (Å²) < 4.78 is 5.18. The van der Waals surface area contributed by atoms with Gasteiger partial charge in [0.2, 0.25) is 16.9 Å². The van der Waals surface area contributed by atoms with Crippen molar-refractivity contribution in [2.75, 3.05) is 12.4 Å². The van der Waals surface area contributed by atoms with Crippen molar-refractivity contribution in [3.8, 4) is 16.3 Å². The molecule has 3 rings (SSSR count). The maximum absolute atomic E-state index is 13.0. The van der Waals surface area contributed by atoms with E-state index in [0.29, 0.717) is 23.0 Å². The number of nitrogens with zero attached hydrogens (tertiary/aromatic N) is 2. The molecule has 3 aromatic rings. The van der Waals surface area contributed by atoms with Crippen LogP contribution in [-0.4, -0.2) is 35.2 Å². The third-order valence-corrected chi connectivity index (χ3v) is 5.51. The van der Waals surface area contributed by atoms with Crippen LogP contribution in [0.3, 0.4) is 0 Å². The first-order valence-electron chi connectivity index (χ1n) is 10.4. The fourth-order valence-electron chi connectivity index (χ4n) is 3.10. The lowest BCUT2D eigenvalue weighted by molar-refractivity contribution is -0.127. The van der Waals surface area contributed by atoms with E-state index in [2.05, 4.69) is 20.8 Å². The van der Waals surface area contributed by atoms with Gasteiger partial charge in [0, 0.05) is 18.4 Å². The van der Waals surface area contributed by atoms with Crippen LogP contribution in [-0.2, 0) is 16.0 Å². The molecule has 2 amide bonds. The fraction of sp³-hybridized carbons (Fsp3) is 0.333. The lowest BCUT2D eigenvalue weighted by Gasteiger charge is -2.22. The van der Waals surface area contributed by atoms with Gasteiger partial charge in [-0.25, -0.2) is 0 Å². The molecular formula is C24H28N4O3S. The Morgan fingerprint density at radius 2 is 1.72 bits per heavy atom. The van der Waals surface area contributed by atoms with E-state index in [9.17, 15) is 9.59 Å². The Morgan fingerprint density at radius 3 is 2.34 bits per heavy atom. The smallest absolute Gasteiger partial charge is 0.249 e. The van der Waals surface area contributed by atoms with Gasteiger partial charge in [-0.2, -0.15) is 0 Å². The predicted octanol–water partition coefficient (Wildman–Crippen LogP) is 4.32. The average molecular weight is 453 g/mol. The number of methoxy groups -OCH3 is 1. The van der Waals surface area contributed by atoms with E-state index < -0.39 is 6.04 Å². The second-order valence-corrected chi connectivity index (χ2v) is 9.65. The minimum Gasteiger partial charge on any atom is -0.497 e. The summed E-state index contributed by atoms with van der Waals surface area (Å²) in [6.07, 6.45) is 0.707. The van der Waals surface area contributed by atoms with Crippen molar-refractivity contribution in [1.29, 1.82) is 0 Å². The van der Waals surface area contributed by atoms with Gasteiger partial charge in [0.1, 0.15) is 16.8 Å². The maximum atomic E-state index is 13.0. The fourth-order valence-corrected chi connectivity index (χ4v) is 3.85. The van der Waals surface area contributed by atoms with Crippen LogP contribution in [0, 0.1) is 5.41 Å². The highest BCUT2D eigenvalue weighted by Gasteiger charge is 2.25. The van der Waals surface area contributed by atoms with Crippen LogP contribution >= 0.6 is 11.3 Å². The van der Waals surface area contributed by atoms with Gasteiger partial charge in [0.15, 0.2) is 0 Å². The maximum Gasteiger partial charge on any atom is 0.249 e. The standard InChI is InChI=1S/C24H28N4O3S/c1-24(2,3)15-20(29)25-19(14-16-8-6-5-7-9-16)21(30)26-23-28-27-22(32-23)17-10-12-18(31-4)13-11-17/h5-13,19H,14-15H2,1-4H3,(H,25,29)(H,26,28,30). The molecule has 1 atom stereocenters. The van der Waals surface area contributed by atoms with Crippen molar-refractivity contribution in [3.63, 3.8) is 0 Å². The van der Waals surface area contributed by atoms with E-state index in [-0.39, 0.29) is 17.2 Å². The number of amides is 2. The number of anilines is 1. The highest BCUT2D eigenvalue weighted by atomic mass is 32.1. The van der Waals surface area contributed by atoms with E-state index in [0.717, 1.165) is 16.9 Å². The van der Waals surface area contributed by atoms with Gasteiger partial charge in [-0.1, -0.05) is 62.4 Å².